The van der Waals surface area contributed by atoms with E-state index in [1.807, 2.05) is 0 Å². The Morgan fingerprint density at radius 2 is 2.25 bits per heavy atom. The van der Waals surface area contributed by atoms with Crippen LogP contribution in [0.4, 0.5) is 4.39 Å². The van der Waals surface area contributed by atoms with Gasteiger partial charge in [-0.05, 0) is 6.07 Å². The molecule has 0 radical (unpaired) electrons. The molecule has 0 aliphatic carbocycles. The average Bonchev–Trinajstić information content (AvgIpc) is 2.04. The number of pyridine rings is 1. The molecule has 0 aliphatic heterocycles. The van der Waals surface area contributed by atoms with E-state index in [-0.39, 0.29) is 5.39 Å². The molecule has 0 bridgehead atoms. The molecule has 0 saturated carbocycles. The molecule has 0 saturated heterocycles. The fourth-order valence-corrected chi connectivity index (χ4v) is 1.02. The van der Waals surface area contributed by atoms with Gasteiger partial charge in [-0.1, -0.05) is 0 Å². The van der Waals surface area contributed by atoms with Gasteiger partial charge in [-0.2, -0.15) is 0 Å². The number of hydrogen-bond acceptors (Lipinski definition) is 3. The minimum atomic E-state index is -0.674. The minimum absolute atomic E-state index is 0.0486. The number of hydrogen-bond donors (Lipinski definition) is 0. The topological polar surface area (TPSA) is 43.1 Å². The Labute approximate surface area is 66.5 Å². The molecule has 0 amide bonds. The summed E-state index contributed by atoms with van der Waals surface area (Å²) < 4.78 is 17.4. The molecular formula is C8H4FNO2. The highest BCUT2D eigenvalue weighted by Gasteiger charge is 2.04. The van der Waals surface area contributed by atoms with Gasteiger partial charge in [0.15, 0.2) is 5.82 Å². The van der Waals surface area contributed by atoms with Crippen LogP contribution in [0.5, 0.6) is 0 Å². The van der Waals surface area contributed by atoms with Crippen molar-refractivity contribution >= 4 is 10.8 Å². The van der Waals surface area contributed by atoms with E-state index >= 15 is 0 Å². The average molecular weight is 165 g/mol. The number of halogens is 1. The number of aromatic nitrogens is 1. The second kappa shape index (κ2) is 2.41. The summed E-state index contributed by atoms with van der Waals surface area (Å²) in [5.41, 5.74) is -0.674. The molecule has 0 spiro atoms. The maximum Gasteiger partial charge on any atom is 0.346 e. The Bertz CT molecular complexity index is 472. The fraction of sp³-hybridized carbons (Fsp3) is 0. The Kier molecular flexibility index (Phi) is 1.40. The Hall–Kier alpha value is -1.71. The quantitative estimate of drug-likeness (QED) is 0.591. The predicted molar refractivity (Wildman–Crippen MR) is 40.2 cm³/mol. The highest BCUT2D eigenvalue weighted by molar-refractivity contribution is 5.80. The molecule has 0 N–H and O–H groups in total. The van der Waals surface area contributed by atoms with Gasteiger partial charge < -0.3 is 4.42 Å². The van der Waals surface area contributed by atoms with E-state index in [4.69, 9.17) is 0 Å². The van der Waals surface area contributed by atoms with E-state index in [2.05, 4.69) is 9.40 Å². The lowest BCUT2D eigenvalue weighted by Crippen LogP contribution is -2.00. The van der Waals surface area contributed by atoms with Gasteiger partial charge in [-0.3, -0.25) is 4.98 Å². The van der Waals surface area contributed by atoms with Crippen molar-refractivity contribution in [3.63, 3.8) is 0 Å². The summed E-state index contributed by atoms with van der Waals surface area (Å²) >= 11 is 0. The molecular weight excluding hydrogens is 161 g/mol. The first kappa shape index (κ1) is 6.97. The first-order valence-corrected chi connectivity index (χ1v) is 3.30. The minimum Gasteiger partial charge on any atom is -0.431 e. The van der Waals surface area contributed by atoms with E-state index in [9.17, 15) is 9.18 Å². The zero-order chi connectivity index (χ0) is 8.55. The molecule has 2 rings (SSSR count). The van der Waals surface area contributed by atoms with E-state index < -0.39 is 11.4 Å². The third kappa shape index (κ3) is 0.887. The van der Waals surface area contributed by atoms with Gasteiger partial charge in [0.25, 0.3) is 0 Å². The molecule has 0 fully saturated rings. The van der Waals surface area contributed by atoms with Gasteiger partial charge in [-0.15, -0.1) is 0 Å². The lowest BCUT2D eigenvalue weighted by atomic mass is 10.2. The van der Waals surface area contributed by atoms with Gasteiger partial charge in [0.2, 0.25) is 0 Å². The predicted octanol–water partition coefficient (Wildman–Crippen LogP) is 1.33. The van der Waals surface area contributed by atoms with Crippen molar-refractivity contribution in [1.82, 2.24) is 4.98 Å². The van der Waals surface area contributed by atoms with Gasteiger partial charge in [0.1, 0.15) is 5.39 Å². The largest absolute Gasteiger partial charge is 0.431 e. The summed E-state index contributed by atoms with van der Waals surface area (Å²) in [4.78, 5) is 14.6. The second-order valence-electron chi connectivity index (χ2n) is 2.29. The summed E-state index contributed by atoms with van der Waals surface area (Å²) in [6.07, 6.45) is 3.61. The highest BCUT2D eigenvalue weighted by atomic mass is 19.1. The lowest BCUT2D eigenvalue weighted by molar-refractivity contribution is 0.514. The van der Waals surface area contributed by atoms with Crippen LogP contribution in [-0.2, 0) is 0 Å². The molecule has 0 unspecified atom stereocenters. The molecule has 3 nitrogen and oxygen atoms in total. The van der Waals surface area contributed by atoms with E-state index in [0.29, 0.717) is 5.39 Å². The molecule has 12 heavy (non-hydrogen) atoms. The third-order valence-electron chi connectivity index (χ3n) is 1.56. The van der Waals surface area contributed by atoms with Crippen LogP contribution in [0.1, 0.15) is 0 Å². The van der Waals surface area contributed by atoms with E-state index in [0.717, 1.165) is 6.20 Å². The molecule has 2 heterocycles. The zero-order valence-corrected chi connectivity index (χ0v) is 5.95. The monoisotopic (exact) mass is 165 g/mol. The lowest BCUT2D eigenvalue weighted by Gasteiger charge is -1.93. The van der Waals surface area contributed by atoms with Gasteiger partial charge >= 0.3 is 5.63 Å². The summed E-state index contributed by atoms with van der Waals surface area (Å²) in [6, 6.07) is 1.49. The van der Waals surface area contributed by atoms with Gasteiger partial charge in [0, 0.05) is 11.6 Å². The zero-order valence-electron chi connectivity index (χ0n) is 5.95. The molecule has 0 aromatic carbocycles. The second-order valence-corrected chi connectivity index (χ2v) is 2.29. The molecule has 4 heteroatoms. The smallest absolute Gasteiger partial charge is 0.346 e. The van der Waals surface area contributed by atoms with Crippen LogP contribution < -0.4 is 5.63 Å². The van der Waals surface area contributed by atoms with Crippen LogP contribution in [0.2, 0.25) is 0 Å². The van der Waals surface area contributed by atoms with Crippen LogP contribution in [0.3, 0.4) is 0 Å². The Morgan fingerprint density at radius 1 is 1.42 bits per heavy atom. The number of fused-ring (bicyclic) bond motifs is 1. The summed E-state index contributed by atoms with van der Waals surface area (Å²) in [6.45, 7) is 0. The number of nitrogens with zero attached hydrogens (tertiary/aromatic N) is 1. The van der Waals surface area contributed by atoms with Crippen LogP contribution in [0, 0.1) is 5.82 Å². The molecule has 2 aromatic heterocycles. The summed E-state index contributed by atoms with van der Waals surface area (Å²) in [5, 5.41) is 0.402. The Balaban J connectivity index is 3.07. The first-order valence-electron chi connectivity index (χ1n) is 3.30. The van der Waals surface area contributed by atoms with Crippen molar-refractivity contribution in [1.29, 1.82) is 0 Å². The third-order valence-corrected chi connectivity index (χ3v) is 1.56. The van der Waals surface area contributed by atoms with Crippen LogP contribution in [0.25, 0.3) is 10.8 Å². The van der Waals surface area contributed by atoms with Gasteiger partial charge in [0.05, 0.1) is 12.5 Å². The van der Waals surface area contributed by atoms with Crippen molar-refractivity contribution in [3.8, 4) is 0 Å². The standard InChI is InChI=1S/C8H4FNO2/c9-6-4-10-3-5-1-2-12-8(11)7(5)6/h1-4H. The first-order chi connectivity index (χ1) is 5.79. The van der Waals surface area contributed by atoms with Crippen molar-refractivity contribution in [2.24, 2.45) is 0 Å². The summed E-state index contributed by atoms with van der Waals surface area (Å²) in [5.74, 6) is -0.651. The summed E-state index contributed by atoms with van der Waals surface area (Å²) in [7, 11) is 0. The fourth-order valence-electron chi connectivity index (χ4n) is 1.02. The maximum absolute atomic E-state index is 12.9. The SMILES string of the molecule is O=c1occc2cncc(F)c12. The molecule has 2 aromatic rings. The number of rotatable bonds is 0. The molecule has 0 atom stereocenters. The van der Waals surface area contributed by atoms with Crippen molar-refractivity contribution in [3.05, 3.63) is 41.0 Å². The molecule has 0 aliphatic rings. The van der Waals surface area contributed by atoms with Crippen LogP contribution in [0.15, 0.2) is 33.9 Å². The maximum atomic E-state index is 12.9. The molecule has 60 valence electrons. The normalized spacial score (nSPS) is 10.4. The highest BCUT2D eigenvalue weighted by Crippen LogP contribution is 2.10. The van der Waals surface area contributed by atoms with E-state index in [1.165, 1.54) is 18.5 Å². The van der Waals surface area contributed by atoms with Crippen molar-refractivity contribution in [2.45, 2.75) is 0 Å². The van der Waals surface area contributed by atoms with Crippen molar-refractivity contribution < 1.29 is 8.81 Å². The van der Waals surface area contributed by atoms with E-state index in [1.54, 1.807) is 0 Å². The Morgan fingerprint density at radius 3 is 3.00 bits per heavy atom. The van der Waals surface area contributed by atoms with Crippen molar-refractivity contribution in [2.75, 3.05) is 0 Å². The van der Waals surface area contributed by atoms with Crippen LogP contribution in [-0.4, -0.2) is 4.98 Å². The van der Waals surface area contributed by atoms with Crippen LogP contribution >= 0.6 is 0 Å². The van der Waals surface area contributed by atoms with Gasteiger partial charge in [-0.25, -0.2) is 9.18 Å².